The van der Waals surface area contributed by atoms with Gasteiger partial charge in [0.2, 0.25) is 0 Å². The molecule has 0 saturated carbocycles. The Hall–Kier alpha value is -2.33. The van der Waals surface area contributed by atoms with Crippen molar-refractivity contribution in [2.24, 2.45) is 0 Å². The van der Waals surface area contributed by atoms with Gasteiger partial charge in [-0.05, 0) is 5.56 Å². The van der Waals surface area contributed by atoms with Crippen molar-refractivity contribution in [3.05, 3.63) is 35.9 Å². The summed E-state index contributed by atoms with van der Waals surface area (Å²) in [5.74, 6) is -4.26. The minimum atomic E-state index is -1.92. The predicted molar refractivity (Wildman–Crippen MR) is 79.8 cm³/mol. The third-order valence-electron chi connectivity index (χ3n) is 3.08. The Morgan fingerprint density at radius 1 is 1.08 bits per heavy atom. The zero-order chi connectivity index (χ0) is 18.1. The van der Waals surface area contributed by atoms with Gasteiger partial charge in [0.15, 0.2) is 5.78 Å². The number of benzene rings is 1. The molecule has 0 bridgehead atoms. The van der Waals surface area contributed by atoms with Crippen LogP contribution in [0.3, 0.4) is 0 Å². The highest BCUT2D eigenvalue weighted by atomic mass is 16.6. The lowest BCUT2D eigenvalue weighted by Gasteiger charge is -2.21. The van der Waals surface area contributed by atoms with Gasteiger partial charge in [0.25, 0.3) is 0 Å². The van der Waals surface area contributed by atoms with Crippen molar-refractivity contribution in [1.29, 1.82) is 0 Å². The second-order valence-electron chi connectivity index (χ2n) is 4.96. The topological polar surface area (TPSA) is 153 Å². The number of ether oxygens (including phenoxy) is 1. The lowest BCUT2D eigenvalue weighted by Crippen LogP contribution is -2.47. The van der Waals surface area contributed by atoms with E-state index in [1.807, 2.05) is 30.3 Å². The SMILES string of the molecule is O=C(O)C(=O)OC[C@@H](O)[C@@H](O)[C@H](O)C(=O)CNCc1ccccc1. The molecule has 9 nitrogen and oxygen atoms in total. The highest BCUT2D eigenvalue weighted by Gasteiger charge is 2.31. The molecule has 1 rings (SSSR count). The Bertz CT molecular complexity index is 562. The number of carbonyl (C=O) groups excluding carboxylic acids is 2. The molecule has 0 heterocycles. The summed E-state index contributed by atoms with van der Waals surface area (Å²) in [5, 5.41) is 39.9. The quantitative estimate of drug-likeness (QED) is 0.255. The molecular formula is C15H19NO8. The monoisotopic (exact) mass is 341 g/mol. The summed E-state index contributed by atoms with van der Waals surface area (Å²) in [6, 6.07) is 9.17. The van der Waals surface area contributed by atoms with Gasteiger partial charge < -0.3 is 30.5 Å². The Balaban J connectivity index is 2.37. The van der Waals surface area contributed by atoms with Crippen LogP contribution in [0.5, 0.6) is 0 Å². The van der Waals surface area contributed by atoms with E-state index in [0.29, 0.717) is 6.54 Å². The molecule has 9 heteroatoms. The van der Waals surface area contributed by atoms with Crippen molar-refractivity contribution in [3.63, 3.8) is 0 Å². The predicted octanol–water partition coefficient (Wildman–Crippen LogP) is -1.94. The van der Waals surface area contributed by atoms with Crippen LogP contribution in [0.25, 0.3) is 0 Å². The maximum Gasteiger partial charge on any atom is 0.417 e. The number of aliphatic hydroxyl groups is 3. The summed E-state index contributed by atoms with van der Waals surface area (Å²) < 4.78 is 4.17. The number of esters is 1. The number of hydrogen-bond acceptors (Lipinski definition) is 8. The largest absolute Gasteiger partial charge is 0.473 e. The fourth-order valence-corrected chi connectivity index (χ4v) is 1.75. The number of rotatable bonds is 9. The molecule has 0 aliphatic heterocycles. The zero-order valence-corrected chi connectivity index (χ0v) is 12.7. The van der Waals surface area contributed by atoms with E-state index < -0.39 is 42.6 Å². The van der Waals surface area contributed by atoms with Crippen molar-refractivity contribution in [2.45, 2.75) is 24.9 Å². The molecule has 24 heavy (non-hydrogen) atoms. The summed E-state index contributed by atoms with van der Waals surface area (Å²) in [6.07, 6.45) is -5.63. The molecule has 0 radical (unpaired) electrons. The third kappa shape index (κ3) is 6.42. The maximum absolute atomic E-state index is 11.7. The molecule has 0 aliphatic carbocycles. The van der Waals surface area contributed by atoms with Gasteiger partial charge in [0.05, 0.1) is 6.54 Å². The first-order chi connectivity index (χ1) is 11.3. The minimum absolute atomic E-state index is 0.255. The molecule has 0 amide bonds. The summed E-state index contributed by atoms with van der Waals surface area (Å²) in [6.45, 7) is -0.753. The van der Waals surface area contributed by atoms with Gasteiger partial charge in [0, 0.05) is 6.54 Å². The summed E-state index contributed by atoms with van der Waals surface area (Å²) in [5.41, 5.74) is 0.918. The molecule has 5 N–H and O–H groups in total. The third-order valence-corrected chi connectivity index (χ3v) is 3.08. The molecular weight excluding hydrogens is 322 g/mol. The van der Waals surface area contributed by atoms with Crippen LogP contribution in [0.2, 0.25) is 0 Å². The second-order valence-corrected chi connectivity index (χ2v) is 4.96. The first-order valence-electron chi connectivity index (χ1n) is 7.04. The molecule has 0 fully saturated rings. The molecule has 0 aromatic heterocycles. The standard InChI is InChI=1S/C15H19NO8/c17-10(7-16-6-9-4-2-1-3-5-9)12(19)13(20)11(18)8-24-15(23)14(21)22/h1-5,11-13,16,18-20H,6-8H2,(H,21,22)/t11-,12-,13-/m1/s1. The van der Waals surface area contributed by atoms with Gasteiger partial charge in [-0.3, -0.25) is 4.79 Å². The number of aliphatic hydroxyl groups excluding tert-OH is 3. The zero-order valence-electron chi connectivity index (χ0n) is 12.7. The molecule has 1 aromatic carbocycles. The van der Waals surface area contributed by atoms with Gasteiger partial charge in [-0.1, -0.05) is 30.3 Å². The van der Waals surface area contributed by atoms with Crippen molar-refractivity contribution in [2.75, 3.05) is 13.2 Å². The van der Waals surface area contributed by atoms with Gasteiger partial charge in [-0.2, -0.15) is 0 Å². The van der Waals surface area contributed by atoms with Crippen LogP contribution in [0.15, 0.2) is 30.3 Å². The fourth-order valence-electron chi connectivity index (χ4n) is 1.75. The average molecular weight is 341 g/mol. The van der Waals surface area contributed by atoms with Gasteiger partial charge in [0.1, 0.15) is 24.9 Å². The smallest absolute Gasteiger partial charge is 0.417 e. The second kappa shape index (κ2) is 9.73. The highest BCUT2D eigenvalue weighted by molar-refractivity contribution is 6.28. The van der Waals surface area contributed by atoms with E-state index in [-0.39, 0.29) is 6.54 Å². The van der Waals surface area contributed by atoms with Gasteiger partial charge in [-0.25, -0.2) is 9.59 Å². The van der Waals surface area contributed by atoms with Gasteiger partial charge in [-0.15, -0.1) is 0 Å². The number of carboxylic acid groups (broad SMARTS) is 1. The van der Waals surface area contributed by atoms with Crippen molar-refractivity contribution in [3.8, 4) is 0 Å². The number of aliphatic carboxylic acids is 1. The highest BCUT2D eigenvalue weighted by Crippen LogP contribution is 2.03. The molecule has 132 valence electrons. The lowest BCUT2D eigenvalue weighted by molar-refractivity contribution is -0.168. The molecule has 3 atom stereocenters. The van der Waals surface area contributed by atoms with Crippen molar-refractivity contribution >= 4 is 17.7 Å². The van der Waals surface area contributed by atoms with E-state index in [4.69, 9.17) is 5.11 Å². The van der Waals surface area contributed by atoms with Crippen LogP contribution >= 0.6 is 0 Å². The van der Waals surface area contributed by atoms with E-state index in [0.717, 1.165) is 5.56 Å². The van der Waals surface area contributed by atoms with Crippen LogP contribution < -0.4 is 5.32 Å². The number of ketones is 1. The van der Waals surface area contributed by atoms with Crippen LogP contribution in [-0.2, 0) is 25.7 Å². The van der Waals surface area contributed by atoms with Crippen LogP contribution in [0.4, 0.5) is 0 Å². The van der Waals surface area contributed by atoms with E-state index in [1.165, 1.54) is 0 Å². The number of Topliss-reactive ketones (excluding diaryl/α,β-unsaturated/α-hetero) is 1. The molecule has 0 saturated heterocycles. The van der Waals surface area contributed by atoms with E-state index >= 15 is 0 Å². The number of hydrogen-bond donors (Lipinski definition) is 5. The minimum Gasteiger partial charge on any atom is -0.473 e. The average Bonchev–Trinajstić information content (AvgIpc) is 2.58. The van der Waals surface area contributed by atoms with Crippen molar-refractivity contribution in [1.82, 2.24) is 5.32 Å². The summed E-state index contributed by atoms with van der Waals surface area (Å²) in [4.78, 5) is 32.7. The van der Waals surface area contributed by atoms with Crippen LogP contribution in [0, 0.1) is 0 Å². The number of nitrogens with one attached hydrogen (secondary N) is 1. The first kappa shape index (κ1) is 19.7. The Morgan fingerprint density at radius 2 is 1.71 bits per heavy atom. The van der Waals surface area contributed by atoms with E-state index in [9.17, 15) is 29.7 Å². The summed E-state index contributed by atoms with van der Waals surface area (Å²) >= 11 is 0. The molecule has 0 aliphatic rings. The lowest BCUT2D eigenvalue weighted by atomic mass is 10.0. The number of carboxylic acids is 1. The van der Waals surface area contributed by atoms with Crippen LogP contribution in [-0.4, -0.2) is 69.6 Å². The Labute approximate surface area is 137 Å². The molecule has 1 aromatic rings. The van der Waals surface area contributed by atoms with Gasteiger partial charge >= 0.3 is 11.9 Å². The number of carbonyl (C=O) groups is 3. The summed E-state index contributed by atoms with van der Waals surface area (Å²) in [7, 11) is 0. The maximum atomic E-state index is 11.7. The first-order valence-corrected chi connectivity index (χ1v) is 7.04. The van der Waals surface area contributed by atoms with Crippen LogP contribution in [0.1, 0.15) is 5.56 Å². The van der Waals surface area contributed by atoms with Crippen molar-refractivity contribution < 1.29 is 39.5 Å². The Morgan fingerprint density at radius 3 is 2.29 bits per heavy atom. The molecule has 0 spiro atoms. The molecule has 0 unspecified atom stereocenters. The van der Waals surface area contributed by atoms with E-state index in [1.54, 1.807) is 0 Å². The van der Waals surface area contributed by atoms with E-state index in [2.05, 4.69) is 10.1 Å². The fraction of sp³-hybridized carbons (Fsp3) is 0.400. The Kier molecular flexibility index (Phi) is 7.99. The normalized spacial score (nSPS) is 14.5.